The lowest BCUT2D eigenvalue weighted by atomic mass is 9.93. The minimum Gasteiger partial charge on any atom is -0.496 e. The summed E-state index contributed by atoms with van der Waals surface area (Å²) in [5.41, 5.74) is -0.470. The number of hydrogen-bond acceptors (Lipinski definition) is 3. The molecule has 5 nitrogen and oxygen atoms in total. The Balaban J connectivity index is 2.20. The largest absolute Gasteiger partial charge is 0.496 e. The fourth-order valence-corrected chi connectivity index (χ4v) is 2.51. The first-order valence-electron chi connectivity index (χ1n) is 6.93. The van der Waals surface area contributed by atoms with E-state index < -0.39 is 35.9 Å². The normalized spacial score (nSPS) is 17.2. The highest BCUT2D eigenvalue weighted by Gasteiger charge is 2.54. The highest BCUT2D eigenvalue weighted by atomic mass is 19.4. The van der Waals surface area contributed by atoms with Gasteiger partial charge in [0.05, 0.1) is 18.9 Å². The molecule has 1 aliphatic carbocycles. The Labute approximate surface area is 130 Å². The van der Waals surface area contributed by atoms with Gasteiger partial charge in [-0.05, 0) is 18.9 Å². The molecule has 1 aromatic rings. The van der Waals surface area contributed by atoms with Crippen LogP contribution < -0.4 is 10.1 Å². The van der Waals surface area contributed by atoms with Gasteiger partial charge in [0.25, 0.3) is 0 Å². The molecule has 1 aromatic carbocycles. The van der Waals surface area contributed by atoms with Gasteiger partial charge in [0, 0.05) is 5.56 Å². The lowest BCUT2D eigenvalue weighted by Crippen LogP contribution is -2.47. The minimum atomic E-state index is -4.68. The van der Waals surface area contributed by atoms with E-state index in [9.17, 15) is 22.8 Å². The molecule has 1 amide bonds. The number of carbonyl (C=O) groups is 2. The molecule has 2 rings (SSSR count). The van der Waals surface area contributed by atoms with Gasteiger partial charge in [0.15, 0.2) is 0 Å². The molecule has 0 bridgehead atoms. The van der Waals surface area contributed by atoms with E-state index in [0.717, 1.165) is 0 Å². The van der Waals surface area contributed by atoms with Crippen LogP contribution in [0.3, 0.4) is 0 Å². The van der Waals surface area contributed by atoms with Crippen LogP contribution in [0.4, 0.5) is 13.2 Å². The number of halogens is 3. The summed E-state index contributed by atoms with van der Waals surface area (Å²) in [6.07, 6.45) is -5.44. The van der Waals surface area contributed by atoms with Crippen molar-refractivity contribution in [1.29, 1.82) is 0 Å². The Morgan fingerprint density at radius 1 is 1.35 bits per heavy atom. The van der Waals surface area contributed by atoms with Crippen molar-refractivity contribution < 1.29 is 32.6 Å². The minimum absolute atomic E-state index is 0.428. The first-order chi connectivity index (χ1) is 10.7. The molecule has 1 aliphatic rings. The van der Waals surface area contributed by atoms with E-state index in [0.29, 0.717) is 24.2 Å². The predicted octanol–water partition coefficient (Wildman–Crippen LogP) is 2.25. The van der Waals surface area contributed by atoms with Gasteiger partial charge in [0.2, 0.25) is 5.91 Å². The number of carbonyl (C=O) groups excluding carboxylic acids is 1. The second-order valence-electron chi connectivity index (χ2n) is 5.47. The monoisotopic (exact) mass is 331 g/mol. The van der Waals surface area contributed by atoms with Crippen molar-refractivity contribution in [2.75, 3.05) is 7.11 Å². The highest BCUT2D eigenvalue weighted by Crippen LogP contribution is 2.51. The first-order valence-corrected chi connectivity index (χ1v) is 6.93. The van der Waals surface area contributed by atoms with E-state index in [1.54, 1.807) is 24.3 Å². The number of para-hydroxylation sites is 1. The lowest BCUT2D eigenvalue weighted by Gasteiger charge is -2.22. The van der Waals surface area contributed by atoms with Crippen LogP contribution in [0.15, 0.2) is 24.3 Å². The molecule has 0 heterocycles. The molecule has 2 N–H and O–H groups in total. The number of ether oxygens (including phenoxy) is 1. The molecule has 1 atom stereocenters. The van der Waals surface area contributed by atoms with E-state index in [2.05, 4.69) is 0 Å². The van der Waals surface area contributed by atoms with E-state index in [1.807, 2.05) is 5.32 Å². The molecule has 126 valence electrons. The van der Waals surface area contributed by atoms with Crippen molar-refractivity contribution in [1.82, 2.24) is 5.32 Å². The number of rotatable bonds is 6. The van der Waals surface area contributed by atoms with Crippen molar-refractivity contribution >= 4 is 11.9 Å². The van der Waals surface area contributed by atoms with Gasteiger partial charge >= 0.3 is 12.1 Å². The van der Waals surface area contributed by atoms with Gasteiger partial charge in [-0.1, -0.05) is 18.2 Å². The number of carboxylic acid groups (broad SMARTS) is 1. The standard InChI is InChI=1S/C15H16F3NO4/c1-23-11-5-3-2-4-9(11)14(6-7-14)13(22)19-10(12(20)21)8-15(16,17)18/h2-5,10H,6-8H2,1H3,(H,19,22)(H,20,21). The van der Waals surface area contributed by atoms with E-state index in [4.69, 9.17) is 9.84 Å². The second kappa shape index (κ2) is 6.10. The van der Waals surface area contributed by atoms with E-state index in [1.165, 1.54) is 7.11 Å². The molecule has 0 saturated heterocycles. The fraction of sp³-hybridized carbons (Fsp3) is 0.467. The summed E-state index contributed by atoms with van der Waals surface area (Å²) in [4.78, 5) is 23.4. The lowest BCUT2D eigenvalue weighted by molar-refractivity contribution is -0.160. The maximum absolute atomic E-state index is 12.4. The molecule has 0 spiro atoms. The third-order valence-electron chi connectivity index (χ3n) is 3.85. The number of nitrogens with one attached hydrogen (secondary N) is 1. The maximum Gasteiger partial charge on any atom is 0.391 e. The zero-order valence-corrected chi connectivity index (χ0v) is 12.3. The smallest absolute Gasteiger partial charge is 0.391 e. The van der Waals surface area contributed by atoms with Gasteiger partial charge in [-0.2, -0.15) is 13.2 Å². The number of benzene rings is 1. The zero-order valence-electron chi connectivity index (χ0n) is 12.3. The van der Waals surface area contributed by atoms with E-state index >= 15 is 0 Å². The van der Waals surface area contributed by atoms with Crippen LogP contribution in [0.5, 0.6) is 5.75 Å². The SMILES string of the molecule is COc1ccccc1C1(C(=O)NC(CC(F)(F)F)C(=O)O)CC1. The number of aliphatic carboxylic acids is 1. The molecular formula is C15H16F3NO4. The highest BCUT2D eigenvalue weighted by molar-refractivity contribution is 5.94. The molecule has 0 aromatic heterocycles. The van der Waals surface area contributed by atoms with Gasteiger partial charge in [-0.3, -0.25) is 4.79 Å². The summed E-state index contributed by atoms with van der Waals surface area (Å²) < 4.78 is 42.5. The molecule has 1 unspecified atom stereocenters. The Morgan fingerprint density at radius 2 is 1.96 bits per heavy atom. The third kappa shape index (κ3) is 3.75. The number of methoxy groups -OCH3 is 1. The topological polar surface area (TPSA) is 75.6 Å². The van der Waals surface area contributed by atoms with E-state index in [-0.39, 0.29) is 0 Å². The number of amides is 1. The zero-order chi connectivity index (χ0) is 17.3. The number of carboxylic acids is 1. The van der Waals surface area contributed by atoms with Crippen LogP contribution in [0, 0.1) is 0 Å². The molecule has 0 radical (unpaired) electrons. The van der Waals surface area contributed by atoms with Crippen LogP contribution in [-0.4, -0.2) is 36.3 Å². The van der Waals surface area contributed by atoms with Gasteiger partial charge in [-0.15, -0.1) is 0 Å². The summed E-state index contributed by atoms with van der Waals surface area (Å²) in [5.74, 6) is -1.99. The molecule has 23 heavy (non-hydrogen) atoms. The van der Waals surface area contributed by atoms with Crippen molar-refractivity contribution in [3.05, 3.63) is 29.8 Å². The Bertz CT molecular complexity index is 611. The molecular weight excluding hydrogens is 315 g/mol. The first kappa shape index (κ1) is 17.1. The Hall–Kier alpha value is -2.25. The summed E-state index contributed by atoms with van der Waals surface area (Å²) in [7, 11) is 1.43. The van der Waals surface area contributed by atoms with Gasteiger partial charge in [-0.25, -0.2) is 4.79 Å². The van der Waals surface area contributed by atoms with Crippen molar-refractivity contribution in [2.45, 2.75) is 36.9 Å². The van der Waals surface area contributed by atoms with Crippen LogP contribution in [0.25, 0.3) is 0 Å². The van der Waals surface area contributed by atoms with Crippen LogP contribution >= 0.6 is 0 Å². The summed E-state index contributed by atoms with van der Waals surface area (Å²) in [5, 5.41) is 10.9. The summed E-state index contributed by atoms with van der Waals surface area (Å²) in [6, 6.07) is 4.70. The third-order valence-corrected chi connectivity index (χ3v) is 3.85. The fourth-order valence-electron chi connectivity index (χ4n) is 2.51. The van der Waals surface area contributed by atoms with Crippen molar-refractivity contribution in [3.63, 3.8) is 0 Å². The Morgan fingerprint density at radius 3 is 2.43 bits per heavy atom. The van der Waals surface area contributed by atoms with Gasteiger partial charge in [0.1, 0.15) is 11.8 Å². The van der Waals surface area contributed by atoms with Crippen molar-refractivity contribution in [3.8, 4) is 5.75 Å². The average molecular weight is 331 g/mol. The number of alkyl halides is 3. The van der Waals surface area contributed by atoms with Crippen LogP contribution in [-0.2, 0) is 15.0 Å². The predicted molar refractivity (Wildman–Crippen MR) is 74.1 cm³/mol. The average Bonchev–Trinajstić information content (AvgIpc) is 3.26. The Kier molecular flexibility index (Phi) is 4.53. The van der Waals surface area contributed by atoms with Crippen LogP contribution in [0.1, 0.15) is 24.8 Å². The summed E-state index contributed by atoms with van der Waals surface area (Å²) in [6.45, 7) is 0. The molecule has 1 fully saturated rings. The molecule has 0 aliphatic heterocycles. The van der Waals surface area contributed by atoms with Gasteiger partial charge < -0.3 is 15.2 Å². The van der Waals surface area contributed by atoms with Crippen LogP contribution in [0.2, 0.25) is 0 Å². The molecule has 8 heteroatoms. The molecule has 1 saturated carbocycles. The van der Waals surface area contributed by atoms with Crippen molar-refractivity contribution in [2.24, 2.45) is 0 Å². The number of hydrogen-bond donors (Lipinski definition) is 2. The quantitative estimate of drug-likeness (QED) is 0.838. The summed E-state index contributed by atoms with van der Waals surface area (Å²) >= 11 is 0. The second-order valence-corrected chi connectivity index (χ2v) is 5.47. The maximum atomic E-state index is 12.4.